The Kier molecular flexibility index (Phi) is 4.97. The van der Waals surface area contributed by atoms with E-state index in [2.05, 4.69) is 15.0 Å². The number of rotatable bonds is 4. The van der Waals surface area contributed by atoms with E-state index in [0.717, 1.165) is 6.07 Å². The Morgan fingerprint density at radius 3 is 2.61 bits per heavy atom. The number of hydrogen-bond donors (Lipinski definition) is 3. The van der Waals surface area contributed by atoms with E-state index in [1.54, 1.807) is 0 Å². The molecule has 0 atom stereocenters. The summed E-state index contributed by atoms with van der Waals surface area (Å²) in [5, 5.41) is 2.73. The minimum atomic E-state index is -0.703. The van der Waals surface area contributed by atoms with Gasteiger partial charge >= 0.3 is 11.7 Å². The molecule has 9 heteroatoms. The maximum absolute atomic E-state index is 12.0. The van der Waals surface area contributed by atoms with Crippen LogP contribution in [0.1, 0.15) is 16.1 Å². The summed E-state index contributed by atoms with van der Waals surface area (Å²) in [6, 6.07) is 5.37. The van der Waals surface area contributed by atoms with Gasteiger partial charge in [-0.15, -0.1) is 0 Å². The van der Waals surface area contributed by atoms with Crippen LogP contribution in [0.5, 0.6) is 0 Å². The Morgan fingerprint density at radius 2 is 1.96 bits per heavy atom. The van der Waals surface area contributed by atoms with E-state index in [-0.39, 0.29) is 28.4 Å². The first-order chi connectivity index (χ1) is 10.9. The van der Waals surface area contributed by atoms with E-state index in [1.807, 2.05) is 4.98 Å². The van der Waals surface area contributed by atoms with E-state index >= 15 is 0 Å². The van der Waals surface area contributed by atoms with Crippen molar-refractivity contribution < 1.29 is 14.3 Å². The van der Waals surface area contributed by atoms with E-state index in [4.69, 9.17) is 11.6 Å². The van der Waals surface area contributed by atoms with Gasteiger partial charge in [0.15, 0.2) is 0 Å². The van der Waals surface area contributed by atoms with Crippen LogP contribution in [-0.4, -0.2) is 29.0 Å². The molecule has 0 aliphatic heterocycles. The molecule has 0 fully saturated rings. The van der Waals surface area contributed by atoms with Gasteiger partial charge in [-0.25, -0.2) is 9.59 Å². The van der Waals surface area contributed by atoms with Crippen molar-refractivity contribution in [2.75, 3.05) is 12.4 Å². The molecular formula is C14H12ClN3O5. The van der Waals surface area contributed by atoms with Gasteiger partial charge in [-0.3, -0.25) is 14.6 Å². The third kappa shape index (κ3) is 4.30. The molecular weight excluding hydrogens is 326 g/mol. The van der Waals surface area contributed by atoms with Gasteiger partial charge in [0.05, 0.1) is 29.8 Å². The number of nitrogens with one attached hydrogen (secondary N) is 3. The highest BCUT2D eigenvalue weighted by atomic mass is 35.5. The molecule has 0 aliphatic carbocycles. The van der Waals surface area contributed by atoms with Crippen molar-refractivity contribution in [3.8, 4) is 0 Å². The summed E-state index contributed by atoms with van der Waals surface area (Å²) in [5.41, 5.74) is -0.728. The monoisotopic (exact) mass is 337 g/mol. The molecule has 2 aromatic rings. The first kappa shape index (κ1) is 16.5. The molecule has 0 radical (unpaired) electrons. The predicted octanol–water partition coefficient (Wildman–Crippen LogP) is 0.684. The van der Waals surface area contributed by atoms with Gasteiger partial charge in [0.1, 0.15) is 0 Å². The molecule has 0 unspecified atom stereocenters. The van der Waals surface area contributed by atoms with Crippen LogP contribution in [-0.2, 0) is 16.0 Å². The highest BCUT2D eigenvalue weighted by Gasteiger charge is 2.12. The number of amides is 1. The number of aromatic amines is 2. The van der Waals surface area contributed by atoms with Crippen molar-refractivity contribution in [3.63, 3.8) is 0 Å². The van der Waals surface area contributed by atoms with Gasteiger partial charge < -0.3 is 15.0 Å². The summed E-state index contributed by atoms with van der Waals surface area (Å²) in [6.07, 6.45) is -0.238. The second-order valence-electron chi connectivity index (χ2n) is 4.52. The van der Waals surface area contributed by atoms with E-state index in [1.165, 1.54) is 25.3 Å². The number of anilines is 1. The quantitative estimate of drug-likeness (QED) is 0.708. The summed E-state index contributed by atoms with van der Waals surface area (Å²) in [4.78, 5) is 50.1. The van der Waals surface area contributed by atoms with Gasteiger partial charge in [-0.05, 0) is 18.2 Å². The fraction of sp³-hybridized carbons (Fsp3) is 0.143. The van der Waals surface area contributed by atoms with Crippen LogP contribution >= 0.6 is 11.6 Å². The van der Waals surface area contributed by atoms with Gasteiger partial charge in [0.2, 0.25) is 5.91 Å². The smallest absolute Gasteiger partial charge is 0.337 e. The van der Waals surface area contributed by atoms with Crippen molar-refractivity contribution in [3.05, 3.63) is 61.4 Å². The van der Waals surface area contributed by atoms with E-state index < -0.39 is 23.1 Å². The first-order valence-corrected chi connectivity index (χ1v) is 6.77. The number of esters is 1. The zero-order valence-corrected chi connectivity index (χ0v) is 12.7. The fourth-order valence-electron chi connectivity index (χ4n) is 1.85. The third-order valence-electron chi connectivity index (χ3n) is 2.83. The Hall–Kier alpha value is -2.87. The Balaban J connectivity index is 2.18. The van der Waals surface area contributed by atoms with Gasteiger partial charge in [-0.2, -0.15) is 0 Å². The average molecular weight is 338 g/mol. The van der Waals surface area contributed by atoms with Crippen LogP contribution < -0.4 is 16.6 Å². The predicted molar refractivity (Wildman–Crippen MR) is 82.8 cm³/mol. The Morgan fingerprint density at radius 1 is 1.22 bits per heavy atom. The normalized spacial score (nSPS) is 10.2. The lowest BCUT2D eigenvalue weighted by atomic mass is 10.2. The van der Waals surface area contributed by atoms with Gasteiger partial charge in [-0.1, -0.05) is 11.6 Å². The molecule has 0 saturated heterocycles. The van der Waals surface area contributed by atoms with Crippen LogP contribution in [0.4, 0.5) is 5.69 Å². The van der Waals surface area contributed by atoms with Crippen molar-refractivity contribution in [1.29, 1.82) is 0 Å². The van der Waals surface area contributed by atoms with Crippen molar-refractivity contribution >= 4 is 29.2 Å². The topological polar surface area (TPSA) is 121 Å². The summed E-state index contributed by atoms with van der Waals surface area (Å²) < 4.78 is 4.59. The van der Waals surface area contributed by atoms with E-state index in [0.29, 0.717) is 0 Å². The molecule has 1 aromatic carbocycles. The molecule has 0 aliphatic rings. The molecule has 1 heterocycles. The largest absolute Gasteiger partial charge is 0.465 e. The molecule has 0 bridgehead atoms. The average Bonchev–Trinajstić information content (AvgIpc) is 2.47. The molecule has 8 nitrogen and oxygen atoms in total. The number of hydrogen-bond acceptors (Lipinski definition) is 5. The number of benzene rings is 1. The fourth-order valence-corrected chi connectivity index (χ4v) is 2.01. The Bertz CT molecular complexity index is 843. The lowest BCUT2D eigenvalue weighted by molar-refractivity contribution is -0.115. The molecule has 0 saturated carbocycles. The maximum Gasteiger partial charge on any atom is 0.337 e. The molecule has 2 rings (SSSR count). The van der Waals surface area contributed by atoms with Crippen LogP contribution in [0.2, 0.25) is 5.02 Å². The van der Waals surface area contributed by atoms with Crippen molar-refractivity contribution in [1.82, 2.24) is 9.97 Å². The summed E-state index contributed by atoms with van der Waals surface area (Å²) in [7, 11) is 1.23. The van der Waals surface area contributed by atoms with Crippen LogP contribution in [0, 0.1) is 0 Å². The number of carbonyl (C=O) groups excluding carboxylic acids is 2. The Labute approximate surface area is 134 Å². The summed E-state index contributed by atoms with van der Waals surface area (Å²) in [6.45, 7) is 0. The first-order valence-electron chi connectivity index (χ1n) is 6.39. The molecule has 1 aromatic heterocycles. The maximum atomic E-state index is 12.0. The molecule has 3 N–H and O–H groups in total. The number of halogens is 1. The van der Waals surface area contributed by atoms with Gasteiger partial charge in [0, 0.05) is 11.8 Å². The zero-order valence-electron chi connectivity index (χ0n) is 11.9. The number of carbonyl (C=O) groups is 2. The van der Waals surface area contributed by atoms with Crippen LogP contribution in [0.3, 0.4) is 0 Å². The number of H-pyrrole nitrogens is 2. The molecule has 1 amide bonds. The lowest BCUT2D eigenvalue weighted by Crippen LogP contribution is -2.25. The summed E-state index contributed by atoms with van der Waals surface area (Å²) >= 11 is 5.96. The van der Waals surface area contributed by atoms with Gasteiger partial charge in [0.25, 0.3) is 5.56 Å². The SMILES string of the molecule is COC(=O)c1ccc(Cl)c(NC(=O)Cc2cc(=O)[nH]c(=O)[nH]2)c1. The minimum Gasteiger partial charge on any atom is -0.465 e. The summed E-state index contributed by atoms with van der Waals surface area (Å²) in [5.74, 6) is -1.09. The third-order valence-corrected chi connectivity index (χ3v) is 3.16. The second kappa shape index (κ2) is 6.93. The molecule has 0 spiro atoms. The number of aromatic nitrogens is 2. The lowest BCUT2D eigenvalue weighted by Gasteiger charge is -2.09. The number of ether oxygens (including phenoxy) is 1. The zero-order chi connectivity index (χ0) is 17.0. The number of methoxy groups -OCH3 is 1. The molecule has 23 heavy (non-hydrogen) atoms. The van der Waals surface area contributed by atoms with E-state index in [9.17, 15) is 19.2 Å². The standard InChI is InChI=1S/C14H12ClN3O5/c1-23-13(21)7-2-3-9(15)10(4-7)17-11(19)5-8-6-12(20)18-14(22)16-8/h2-4,6H,5H2,1H3,(H,17,19)(H2,16,18,20,22). The minimum absolute atomic E-state index is 0.150. The highest BCUT2D eigenvalue weighted by molar-refractivity contribution is 6.33. The second-order valence-corrected chi connectivity index (χ2v) is 4.93. The van der Waals surface area contributed by atoms with Crippen molar-refractivity contribution in [2.45, 2.75) is 6.42 Å². The highest BCUT2D eigenvalue weighted by Crippen LogP contribution is 2.23. The van der Waals surface area contributed by atoms with Crippen molar-refractivity contribution in [2.24, 2.45) is 0 Å². The van der Waals surface area contributed by atoms with Crippen LogP contribution in [0.15, 0.2) is 33.9 Å². The van der Waals surface area contributed by atoms with Crippen LogP contribution in [0.25, 0.3) is 0 Å². The molecule has 120 valence electrons.